The van der Waals surface area contributed by atoms with Crippen molar-refractivity contribution in [3.63, 3.8) is 0 Å². The number of aryl methyl sites for hydroxylation is 1. The molecule has 2 aromatic heterocycles. The number of nitrogens with one attached hydrogen (secondary N) is 1. The molecule has 0 spiro atoms. The van der Waals surface area contributed by atoms with Crippen LogP contribution in [0.4, 0.5) is 4.39 Å². The number of hydrogen-bond acceptors (Lipinski definition) is 3. The Hall–Kier alpha value is -3.45. The summed E-state index contributed by atoms with van der Waals surface area (Å²) in [4.78, 5) is 29.4. The van der Waals surface area contributed by atoms with Crippen LogP contribution in [0.1, 0.15) is 41.0 Å². The number of aromatic nitrogens is 2. The summed E-state index contributed by atoms with van der Waals surface area (Å²) in [6, 6.07) is 17.7. The van der Waals surface area contributed by atoms with Gasteiger partial charge in [0, 0.05) is 12.1 Å². The van der Waals surface area contributed by atoms with Gasteiger partial charge in [0.25, 0.3) is 5.56 Å². The lowest BCUT2D eigenvalue weighted by Crippen LogP contribution is -2.20. The third-order valence-corrected chi connectivity index (χ3v) is 7.03. The fraction of sp³-hybridized carbons (Fsp3) is 0.214. The molecule has 0 unspecified atom stereocenters. The van der Waals surface area contributed by atoms with Crippen molar-refractivity contribution in [3.05, 3.63) is 104 Å². The first-order chi connectivity index (χ1) is 16.8. The van der Waals surface area contributed by atoms with Crippen molar-refractivity contribution >= 4 is 21.9 Å². The summed E-state index contributed by atoms with van der Waals surface area (Å²) in [6.45, 7) is 3.92. The number of carbonyl (C=O) groups is 1. The number of carbonyl (C=O) groups excluding carboxylic acids is 1. The number of hydrogen-bond donors (Lipinski definition) is 1. The van der Waals surface area contributed by atoms with Crippen LogP contribution in [0.3, 0.4) is 0 Å². The zero-order chi connectivity index (χ0) is 24.7. The first-order valence-corrected chi connectivity index (χ1v) is 12.3. The summed E-state index contributed by atoms with van der Waals surface area (Å²) in [5.74, 6) is -0.778. The van der Waals surface area contributed by atoms with E-state index in [1.807, 2.05) is 41.0 Å². The SMILES string of the molecule is CC(C)OC(=O)c1c(Br)c2c(n1Cc1ccc(F)cc1)-c1[nH]c(=O)c(-c3ccccc3)cc1CC2. The number of H-pyrrole nitrogens is 1. The van der Waals surface area contributed by atoms with Gasteiger partial charge in [0.05, 0.1) is 22.0 Å². The van der Waals surface area contributed by atoms with Gasteiger partial charge in [0.2, 0.25) is 0 Å². The maximum absolute atomic E-state index is 13.5. The number of benzene rings is 2. The van der Waals surface area contributed by atoms with Crippen LogP contribution in [0.5, 0.6) is 0 Å². The van der Waals surface area contributed by atoms with Gasteiger partial charge in [0.1, 0.15) is 11.5 Å². The highest BCUT2D eigenvalue weighted by Crippen LogP contribution is 2.41. The number of aromatic amines is 1. The number of halogens is 2. The molecular weight excluding hydrogens is 511 g/mol. The number of nitrogens with zero attached hydrogens (tertiary/aromatic N) is 1. The zero-order valence-electron chi connectivity index (χ0n) is 19.4. The van der Waals surface area contributed by atoms with E-state index < -0.39 is 5.97 Å². The quantitative estimate of drug-likeness (QED) is 0.313. The number of fused-ring (bicyclic) bond motifs is 3. The van der Waals surface area contributed by atoms with E-state index in [-0.39, 0.29) is 17.5 Å². The van der Waals surface area contributed by atoms with Crippen molar-refractivity contribution in [3.8, 4) is 22.5 Å². The molecule has 0 saturated carbocycles. The van der Waals surface area contributed by atoms with Gasteiger partial charge < -0.3 is 14.3 Å². The highest BCUT2D eigenvalue weighted by molar-refractivity contribution is 9.10. The van der Waals surface area contributed by atoms with E-state index in [4.69, 9.17) is 4.74 Å². The first-order valence-electron chi connectivity index (χ1n) is 11.5. The maximum atomic E-state index is 13.5. The lowest BCUT2D eigenvalue weighted by molar-refractivity contribution is 0.0364. The second-order valence-electron chi connectivity index (χ2n) is 8.93. The second kappa shape index (κ2) is 9.30. The molecule has 1 aliphatic carbocycles. The van der Waals surface area contributed by atoms with Gasteiger partial charge in [-0.3, -0.25) is 4.79 Å². The minimum atomic E-state index is -0.451. The molecule has 2 heterocycles. The Kier molecular flexibility index (Phi) is 6.19. The Bertz CT molecular complexity index is 1470. The van der Waals surface area contributed by atoms with E-state index >= 15 is 0 Å². The molecule has 0 atom stereocenters. The van der Waals surface area contributed by atoms with Gasteiger partial charge in [-0.25, -0.2) is 9.18 Å². The average Bonchev–Trinajstić information content (AvgIpc) is 3.12. The van der Waals surface area contributed by atoms with Crippen LogP contribution in [0.2, 0.25) is 0 Å². The average molecular weight is 535 g/mol. The zero-order valence-corrected chi connectivity index (χ0v) is 21.0. The highest BCUT2D eigenvalue weighted by atomic mass is 79.9. The summed E-state index contributed by atoms with van der Waals surface area (Å²) in [7, 11) is 0. The predicted molar refractivity (Wildman–Crippen MR) is 137 cm³/mol. The number of ether oxygens (including phenoxy) is 1. The topological polar surface area (TPSA) is 64.1 Å². The van der Waals surface area contributed by atoms with E-state index in [9.17, 15) is 14.0 Å². The van der Waals surface area contributed by atoms with Gasteiger partial charge in [-0.2, -0.15) is 0 Å². The molecule has 1 N–H and O–H groups in total. The molecule has 5 rings (SSSR count). The number of pyridine rings is 1. The Labute approximate surface area is 210 Å². The summed E-state index contributed by atoms with van der Waals surface area (Å²) in [6.07, 6.45) is 1.12. The van der Waals surface area contributed by atoms with Crippen molar-refractivity contribution in [2.45, 2.75) is 39.3 Å². The lowest BCUT2D eigenvalue weighted by Gasteiger charge is -2.21. The molecule has 0 fully saturated rings. The smallest absolute Gasteiger partial charge is 0.356 e. The lowest BCUT2D eigenvalue weighted by atomic mass is 9.92. The van der Waals surface area contributed by atoms with E-state index in [0.717, 1.165) is 34.4 Å². The van der Waals surface area contributed by atoms with E-state index in [0.29, 0.717) is 34.4 Å². The van der Waals surface area contributed by atoms with Gasteiger partial charge in [0.15, 0.2) is 0 Å². The van der Waals surface area contributed by atoms with Crippen molar-refractivity contribution < 1.29 is 13.9 Å². The van der Waals surface area contributed by atoms with Gasteiger partial charge in [-0.15, -0.1) is 0 Å². The molecule has 7 heteroatoms. The van der Waals surface area contributed by atoms with Crippen LogP contribution in [0.25, 0.3) is 22.5 Å². The molecule has 4 aromatic rings. The Morgan fingerprint density at radius 3 is 2.51 bits per heavy atom. The molecule has 0 bridgehead atoms. The van der Waals surface area contributed by atoms with Gasteiger partial charge in [-0.05, 0) is 83.1 Å². The van der Waals surface area contributed by atoms with E-state index in [1.54, 1.807) is 26.0 Å². The number of esters is 1. The molecule has 35 heavy (non-hydrogen) atoms. The monoisotopic (exact) mass is 534 g/mol. The summed E-state index contributed by atoms with van der Waals surface area (Å²) < 4.78 is 21.6. The van der Waals surface area contributed by atoms with Crippen LogP contribution in [0.15, 0.2) is 69.9 Å². The van der Waals surface area contributed by atoms with Crippen molar-refractivity contribution in [1.29, 1.82) is 0 Å². The Balaban J connectivity index is 1.71. The van der Waals surface area contributed by atoms with E-state index in [1.165, 1.54) is 12.1 Å². The van der Waals surface area contributed by atoms with Crippen molar-refractivity contribution in [1.82, 2.24) is 9.55 Å². The van der Waals surface area contributed by atoms with Crippen LogP contribution in [-0.4, -0.2) is 21.6 Å². The predicted octanol–water partition coefficient (Wildman–Crippen LogP) is 6.12. The molecule has 178 valence electrons. The third kappa shape index (κ3) is 4.36. The number of rotatable bonds is 5. The first kappa shape index (κ1) is 23.3. The van der Waals surface area contributed by atoms with Crippen molar-refractivity contribution in [2.75, 3.05) is 0 Å². The molecule has 5 nitrogen and oxygen atoms in total. The summed E-state index contributed by atoms with van der Waals surface area (Å²) in [5, 5.41) is 0. The molecule has 0 aliphatic heterocycles. The van der Waals surface area contributed by atoms with Crippen LogP contribution < -0.4 is 5.56 Å². The molecular formula is C28H24BrFN2O3. The molecule has 2 aromatic carbocycles. The van der Waals surface area contributed by atoms with Gasteiger partial charge >= 0.3 is 5.97 Å². The Morgan fingerprint density at radius 1 is 1.11 bits per heavy atom. The third-order valence-electron chi connectivity index (χ3n) is 6.18. The fourth-order valence-corrected chi connectivity index (χ4v) is 5.39. The molecule has 1 aliphatic rings. The molecule has 0 radical (unpaired) electrons. The maximum Gasteiger partial charge on any atom is 0.356 e. The van der Waals surface area contributed by atoms with Crippen LogP contribution in [-0.2, 0) is 24.1 Å². The molecule has 0 saturated heterocycles. The summed E-state index contributed by atoms with van der Waals surface area (Å²) >= 11 is 3.65. The summed E-state index contributed by atoms with van der Waals surface area (Å²) in [5.41, 5.74) is 5.90. The van der Waals surface area contributed by atoms with Crippen LogP contribution >= 0.6 is 15.9 Å². The normalized spacial score (nSPS) is 12.4. The van der Waals surface area contributed by atoms with Crippen LogP contribution in [0, 0.1) is 5.82 Å². The fourth-order valence-electron chi connectivity index (χ4n) is 4.63. The largest absolute Gasteiger partial charge is 0.458 e. The highest BCUT2D eigenvalue weighted by Gasteiger charge is 2.32. The Morgan fingerprint density at radius 2 is 1.83 bits per heavy atom. The second-order valence-corrected chi connectivity index (χ2v) is 9.73. The molecule has 0 amide bonds. The standard InChI is InChI=1S/C28H24BrFN2O3/c1-16(2)35-28(34)26-23(29)21-13-10-19-14-22(18-6-4-3-5-7-18)27(33)31-24(19)25(21)32(26)15-17-8-11-20(30)12-9-17/h3-9,11-12,14,16H,10,13,15H2,1-2H3,(H,31,33). The minimum Gasteiger partial charge on any atom is -0.458 e. The van der Waals surface area contributed by atoms with Gasteiger partial charge in [-0.1, -0.05) is 42.5 Å². The minimum absolute atomic E-state index is 0.195. The van der Waals surface area contributed by atoms with E-state index in [2.05, 4.69) is 20.9 Å². The van der Waals surface area contributed by atoms with Crippen molar-refractivity contribution in [2.24, 2.45) is 0 Å².